The lowest BCUT2D eigenvalue weighted by Gasteiger charge is -2.43. The maximum atomic E-state index is 6.28. The van der Waals surface area contributed by atoms with E-state index in [4.69, 9.17) is 4.74 Å². The van der Waals surface area contributed by atoms with Crippen LogP contribution in [0, 0.1) is 0 Å². The Morgan fingerprint density at radius 1 is 1.56 bits per heavy atom. The van der Waals surface area contributed by atoms with E-state index in [1.165, 1.54) is 14.9 Å². The number of rotatable bonds is 1. The van der Waals surface area contributed by atoms with Crippen LogP contribution < -0.4 is 5.32 Å². The standard InChI is InChI=1S/C14H20BrNOS/c1-3-10-13(15)12-11(18-10)4-7-17-14(12)5-6-16-9(2)8-14/h9,16H,3-8H2,1-2H3/t9-,14+/m0/s1. The minimum atomic E-state index is -0.0268. The Hall–Kier alpha value is 0.1000. The molecule has 3 rings (SSSR count). The predicted molar refractivity (Wildman–Crippen MR) is 79.4 cm³/mol. The summed E-state index contributed by atoms with van der Waals surface area (Å²) in [5.41, 5.74) is 1.45. The molecule has 1 aromatic rings. The molecule has 0 amide bonds. The molecule has 4 heteroatoms. The van der Waals surface area contributed by atoms with Crippen molar-refractivity contribution in [3.63, 3.8) is 0 Å². The van der Waals surface area contributed by atoms with E-state index >= 15 is 0 Å². The molecule has 1 saturated heterocycles. The first-order valence-electron chi connectivity index (χ1n) is 6.84. The summed E-state index contributed by atoms with van der Waals surface area (Å²) in [6, 6.07) is 0.543. The lowest BCUT2D eigenvalue weighted by molar-refractivity contribution is -0.0875. The highest BCUT2D eigenvalue weighted by molar-refractivity contribution is 9.10. The van der Waals surface area contributed by atoms with Gasteiger partial charge in [-0.05, 0) is 48.7 Å². The van der Waals surface area contributed by atoms with Crippen LogP contribution in [0.5, 0.6) is 0 Å². The van der Waals surface area contributed by atoms with Crippen molar-refractivity contribution in [3.05, 3.63) is 19.8 Å². The number of aryl methyl sites for hydroxylation is 1. The number of hydrogen-bond acceptors (Lipinski definition) is 3. The summed E-state index contributed by atoms with van der Waals surface area (Å²) in [5, 5.41) is 3.53. The minimum absolute atomic E-state index is 0.0268. The van der Waals surface area contributed by atoms with E-state index in [9.17, 15) is 0 Å². The first-order valence-corrected chi connectivity index (χ1v) is 8.45. The lowest BCUT2D eigenvalue weighted by atomic mass is 9.80. The number of nitrogens with one attached hydrogen (secondary N) is 1. The molecular weight excluding hydrogens is 310 g/mol. The van der Waals surface area contributed by atoms with Gasteiger partial charge in [-0.1, -0.05) is 6.92 Å². The summed E-state index contributed by atoms with van der Waals surface area (Å²) < 4.78 is 7.61. The monoisotopic (exact) mass is 329 g/mol. The third kappa shape index (κ3) is 1.98. The summed E-state index contributed by atoms with van der Waals surface area (Å²) in [6.45, 7) is 6.44. The van der Waals surface area contributed by atoms with Crippen LogP contribution in [0.1, 0.15) is 42.0 Å². The second-order valence-corrected chi connectivity index (χ2v) is 7.38. The van der Waals surface area contributed by atoms with Gasteiger partial charge in [0, 0.05) is 32.3 Å². The van der Waals surface area contributed by atoms with Crippen molar-refractivity contribution in [2.45, 2.75) is 51.2 Å². The van der Waals surface area contributed by atoms with Crippen molar-refractivity contribution >= 4 is 27.3 Å². The fourth-order valence-corrected chi connectivity index (χ4v) is 5.79. The molecule has 0 aromatic carbocycles. The maximum Gasteiger partial charge on any atom is 0.0979 e. The molecule has 2 aliphatic rings. The topological polar surface area (TPSA) is 21.3 Å². The van der Waals surface area contributed by atoms with Crippen LogP contribution in [0.15, 0.2) is 4.47 Å². The van der Waals surface area contributed by atoms with E-state index in [-0.39, 0.29) is 5.60 Å². The van der Waals surface area contributed by atoms with Crippen LogP contribution in [0.2, 0.25) is 0 Å². The van der Waals surface area contributed by atoms with Crippen molar-refractivity contribution in [1.29, 1.82) is 0 Å². The Labute approximate surface area is 121 Å². The van der Waals surface area contributed by atoms with Gasteiger partial charge in [0.2, 0.25) is 0 Å². The highest BCUT2D eigenvalue weighted by Crippen LogP contribution is 2.49. The van der Waals surface area contributed by atoms with E-state index in [0.29, 0.717) is 6.04 Å². The number of ether oxygens (including phenoxy) is 1. The zero-order valence-corrected chi connectivity index (χ0v) is 13.4. The minimum Gasteiger partial charge on any atom is -0.370 e. The SMILES string of the molecule is CCc1sc2c(c1Br)[C@]1(CCN[C@@H](C)C1)OCC2. The average Bonchev–Trinajstić information content (AvgIpc) is 2.67. The van der Waals surface area contributed by atoms with Crippen LogP contribution >= 0.6 is 27.3 Å². The second kappa shape index (κ2) is 4.89. The van der Waals surface area contributed by atoms with Gasteiger partial charge in [-0.25, -0.2) is 0 Å². The molecule has 0 aliphatic carbocycles. The molecule has 1 fully saturated rings. The van der Waals surface area contributed by atoms with Gasteiger partial charge >= 0.3 is 0 Å². The first kappa shape index (κ1) is 13.1. The van der Waals surface area contributed by atoms with Crippen molar-refractivity contribution < 1.29 is 4.74 Å². The highest BCUT2D eigenvalue weighted by Gasteiger charge is 2.43. The molecule has 1 N–H and O–H groups in total. The highest BCUT2D eigenvalue weighted by atomic mass is 79.9. The van der Waals surface area contributed by atoms with Crippen molar-refractivity contribution in [2.24, 2.45) is 0 Å². The number of piperidine rings is 1. The fourth-order valence-electron chi connectivity index (χ4n) is 3.32. The van der Waals surface area contributed by atoms with Gasteiger partial charge in [0.25, 0.3) is 0 Å². The Bertz CT molecular complexity index is 459. The molecule has 0 unspecified atom stereocenters. The van der Waals surface area contributed by atoms with E-state index < -0.39 is 0 Å². The van der Waals surface area contributed by atoms with Crippen LogP contribution in [-0.2, 0) is 23.2 Å². The van der Waals surface area contributed by atoms with Gasteiger partial charge in [-0.3, -0.25) is 0 Å². The van der Waals surface area contributed by atoms with E-state index in [0.717, 1.165) is 38.8 Å². The van der Waals surface area contributed by atoms with E-state index in [1.807, 2.05) is 11.3 Å². The molecule has 2 atom stereocenters. The number of halogens is 1. The molecular formula is C14H20BrNOS. The number of fused-ring (bicyclic) bond motifs is 2. The van der Waals surface area contributed by atoms with Gasteiger partial charge < -0.3 is 10.1 Å². The summed E-state index contributed by atoms with van der Waals surface area (Å²) in [6.07, 6.45) is 4.39. The Morgan fingerprint density at radius 3 is 3.11 bits per heavy atom. The number of hydrogen-bond donors (Lipinski definition) is 1. The Balaban J connectivity index is 2.07. The molecule has 18 heavy (non-hydrogen) atoms. The van der Waals surface area contributed by atoms with E-state index in [1.54, 1.807) is 4.88 Å². The Kier molecular flexibility index (Phi) is 3.56. The second-order valence-electron chi connectivity index (χ2n) is 5.39. The molecule has 1 spiro atoms. The van der Waals surface area contributed by atoms with Gasteiger partial charge in [-0.2, -0.15) is 0 Å². The molecule has 0 radical (unpaired) electrons. The van der Waals surface area contributed by atoms with Crippen molar-refractivity contribution in [2.75, 3.05) is 13.2 Å². The van der Waals surface area contributed by atoms with Crippen LogP contribution in [-0.4, -0.2) is 19.2 Å². The molecule has 3 heterocycles. The van der Waals surface area contributed by atoms with Gasteiger partial charge in [0.05, 0.1) is 12.2 Å². The van der Waals surface area contributed by atoms with Crippen molar-refractivity contribution in [1.82, 2.24) is 5.32 Å². The van der Waals surface area contributed by atoms with Gasteiger partial charge in [-0.15, -0.1) is 11.3 Å². The average molecular weight is 330 g/mol. The largest absolute Gasteiger partial charge is 0.370 e. The molecule has 0 saturated carbocycles. The first-order chi connectivity index (χ1) is 8.66. The smallest absolute Gasteiger partial charge is 0.0979 e. The zero-order valence-electron chi connectivity index (χ0n) is 11.0. The third-order valence-corrected chi connectivity index (χ3v) is 6.66. The summed E-state index contributed by atoms with van der Waals surface area (Å²) >= 11 is 5.82. The lowest BCUT2D eigenvalue weighted by Crippen LogP contribution is -2.48. The van der Waals surface area contributed by atoms with Crippen LogP contribution in [0.3, 0.4) is 0 Å². The predicted octanol–water partition coefficient (Wildman–Crippen LogP) is 3.61. The number of thiophene rings is 1. The summed E-state index contributed by atoms with van der Waals surface area (Å²) in [5.74, 6) is 0. The van der Waals surface area contributed by atoms with Crippen molar-refractivity contribution in [3.8, 4) is 0 Å². The maximum absolute atomic E-state index is 6.28. The Morgan fingerprint density at radius 2 is 2.39 bits per heavy atom. The molecule has 100 valence electrons. The van der Waals surface area contributed by atoms with E-state index in [2.05, 4.69) is 35.1 Å². The molecule has 2 aliphatic heterocycles. The summed E-state index contributed by atoms with van der Waals surface area (Å²) in [4.78, 5) is 3.04. The van der Waals surface area contributed by atoms with Crippen LogP contribution in [0.4, 0.5) is 0 Å². The van der Waals surface area contributed by atoms with Gasteiger partial charge in [0.15, 0.2) is 0 Å². The molecule has 2 nitrogen and oxygen atoms in total. The molecule has 1 aromatic heterocycles. The van der Waals surface area contributed by atoms with Crippen LogP contribution in [0.25, 0.3) is 0 Å². The van der Waals surface area contributed by atoms with Gasteiger partial charge in [0.1, 0.15) is 0 Å². The fraction of sp³-hybridized carbons (Fsp3) is 0.714. The molecule has 0 bridgehead atoms. The zero-order chi connectivity index (χ0) is 12.8. The quantitative estimate of drug-likeness (QED) is 0.849. The normalized spacial score (nSPS) is 31.6. The summed E-state index contributed by atoms with van der Waals surface area (Å²) in [7, 11) is 0. The third-order valence-electron chi connectivity index (χ3n) is 4.13.